The third-order valence-electron chi connectivity index (χ3n) is 4.95. The van der Waals surface area contributed by atoms with Gasteiger partial charge >= 0.3 is 0 Å². The van der Waals surface area contributed by atoms with E-state index in [9.17, 15) is 13.2 Å². The number of aromatic nitrogens is 6. The maximum absolute atomic E-state index is 12.9. The van der Waals surface area contributed by atoms with Gasteiger partial charge in [0.15, 0.2) is 16.5 Å². The molecule has 11 nitrogen and oxygen atoms in total. The summed E-state index contributed by atoms with van der Waals surface area (Å²) in [5.74, 6) is -0.462. The summed E-state index contributed by atoms with van der Waals surface area (Å²) in [6, 6.07) is 9.14. The number of nitrogens with zero attached hydrogens (tertiary/aromatic N) is 6. The summed E-state index contributed by atoms with van der Waals surface area (Å²) in [5, 5.41) is 13.6. The van der Waals surface area contributed by atoms with Gasteiger partial charge in [-0.05, 0) is 53.2 Å². The monoisotopic (exact) mass is 572 g/mol. The van der Waals surface area contributed by atoms with Crippen LogP contribution in [-0.2, 0) is 16.6 Å². The third kappa shape index (κ3) is 4.67. The second-order valence-electron chi connectivity index (χ2n) is 7.23. The van der Waals surface area contributed by atoms with E-state index in [1.807, 2.05) is 13.1 Å². The van der Waals surface area contributed by atoms with Crippen LogP contribution in [0.15, 0.2) is 69.7 Å². The van der Waals surface area contributed by atoms with Gasteiger partial charge < -0.3 is 5.32 Å². The molecule has 0 aliphatic carbocycles. The zero-order valence-electron chi connectivity index (χ0n) is 18.1. The molecule has 0 radical (unpaired) electrons. The Bertz CT molecular complexity index is 1630. The lowest BCUT2D eigenvalue weighted by atomic mass is 10.3. The Labute approximate surface area is 212 Å². The number of hydrogen-bond acceptors (Lipinski definition) is 8. The highest BCUT2D eigenvalue weighted by atomic mass is 79.9. The largest absolute Gasteiger partial charge is 0.321 e. The Hall–Kier alpha value is -3.62. The lowest BCUT2D eigenvalue weighted by Gasteiger charge is -2.07. The van der Waals surface area contributed by atoms with Gasteiger partial charge in [0.2, 0.25) is 0 Å². The summed E-state index contributed by atoms with van der Waals surface area (Å²) >= 11 is 4.70. The van der Waals surface area contributed by atoms with Crippen LogP contribution < -0.4 is 10.0 Å². The molecule has 0 bridgehead atoms. The molecule has 5 rings (SSSR count). The highest BCUT2D eigenvalue weighted by molar-refractivity contribution is 9.10. The van der Waals surface area contributed by atoms with Crippen LogP contribution in [0, 0.1) is 0 Å². The van der Waals surface area contributed by atoms with Crippen LogP contribution in [-0.4, -0.2) is 43.7 Å². The predicted octanol–water partition coefficient (Wildman–Crippen LogP) is 3.88. The summed E-state index contributed by atoms with van der Waals surface area (Å²) in [6.45, 7) is 2.70. The first kappa shape index (κ1) is 23.1. The minimum absolute atomic E-state index is 0.0457. The van der Waals surface area contributed by atoms with Crippen LogP contribution in [0.2, 0.25) is 0 Å². The van der Waals surface area contributed by atoms with E-state index in [-0.39, 0.29) is 15.7 Å². The average Bonchev–Trinajstić information content (AvgIpc) is 3.58. The van der Waals surface area contributed by atoms with Crippen LogP contribution in [0.4, 0.5) is 10.8 Å². The number of carbonyl (C=O) groups is 1. The van der Waals surface area contributed by atoms with Crippen LogP contribution in [0.25, 0.3) is 17.0 Å². The molecule has 0 aliphatic heterocycles. The number of sulfonamides is 1. The van der Waals surface area contributed by atoms with Gasteiger partial charge in [-0.25, -0.2) is 22.9 Å². The fraction of sp³-hybridized carbons (Fsp3) is 0.0952. The SMILES string of the molecule is CCn1cc(Br)c(-c2ccnc3cc(C(=O)Nc4ccc(S(=O)(=O)Nc5nccs5)cc4)nn23)n1. The summed E-state index contributed by atoms with van der Waals surface area (Å²) in [5.41, 5.74) is 2.41. The number of halogens is 1. The number of aryl methyl sites for hydroxylation is 1. The number of anilines is 2. The van der Waals surface area contributed by atoms with Crippen molar-refractivity contribution in [2.24, 2.45) is 0 Å². The van der Waals surface area contributed by atoms with Gasteiger partial charge in [0.25, 0.3) is 15.9 Å². The van der Waals surface area contributed by atoms with Gasteiger partial charge in [0.1, 0.15) is 5.69 Å². The van der Waals surface area contributed by atoms with E-state index >= 15 is 0 Å². The van der Waals surface area contributed by atoms with Gasteiger partial charge in [-0.1, -0.05) is 0 Å². The molecule has 14 heteroatoms. The standard InChI is InChI=1S/C21H17BrN8O3S2/c1-2-29-12-15(22)19(27-29)17-7-8-23-18-11-16(26-30(17)18)20(31)25-13-3-5-14(6-4-13)35(32,33)28-21-24-9-10-34-21/h3-12H,2H2,1H3,(H,24,28)(H,25,31). The number of thiazole rings is 1. The first-order valence-electron chi connectivity index (χ1n) is 10.3. The highest BCUT2D eigenvalue weighted by Crippen LogP contribution is 2.27. The Morgan fingerprint density at radius 2 is 1.91 bits per heavy atom. The summed E-state index contributed by atoms with van der Waals surface area (Å²) in [7, 11) is -3.78. The van der Waals surface area contributed by atoms with Crippen molar-refractivity contribution in [3.8, 4) is 11.4 Å². The van der Waals surface area contributed by atoms with Crippen molar-refractivity contribution in [1.82, 2.24) is 29.4 Å². The molecular formula is C21H17BrN8O3S2. The van der Waals surface area contributed by atoms with E-state index in [0.29, 0.717) is 29.3 Å². The summed E-state index contributed by atoms with van der Waals surface area (Å²) in [4.78, 5) is 21.1. The zero-order valence-corrected chi connectivity index (χ0v) is 21.3. The molecule has 2 N–H and O–H groups in total. The molecule has 0 saturated heterocycles. The third-order valence-corrected chi connectivity index (χ3v) is 7.70. The number of fused-ring (bicyclic) bond motifs is 1. The van der Waals surface area contributed by atoms with Gasteiger partial charge in [0, 0.05) is 42.3 Å². The average molecular weight is 573 g/mol. The molecule has 5 aromatic rings. The van der Waals surface area contributed by atoms with Crippen LogP contribution in [0.5, 0.6) is 0 Å². The second kappa shape index (κ2) is 9.20. The molecule has 35 heavy (non-hydrogen) atoms. The molecule has 0 spiro atoms. The minimum atomic E-state index is -3.78. The van der Waals surface area contributed by atoms with E-state index in [4.69, 9.17) is 0 Å². The molecule has 0 saturated carbocycles. The van der Waals surface area contributed by atoms with Gasteiger partial charge in [-0.3, -0.25) is 14.2 Å². The van der Waals surface area contributed by atoms with Crippen molar-refractivity contribution in [1.29, 1.82) is 0 Å². The topological polar surface area (TPSA) is 136 Å². The van der Waals surface area contributed by atoms with E-state index in [0.717, 1.165) is 4.47 Å². The van der Waals surface area contributed by atoms with Crippen molar-refractivity contribution < 1.29 is 13.2 Å². The smallest absolute Gasteiger partial charge is 0.276 e. The molecular weight excluding hydrogens is 556 g/mol. The molecule has 0 fully saturated rings. The van der Waals surface area contributed by atoms with Crippen molar-refractivity contribution in [2.45, 2.75) is 18.4 Å². The molecule has 0 unspecified atom stereocenters. The van der Waals surface area contributed by atoms with Gasteiger partial charge in [-0.15, -0.1) is 11.3 Å². The Morgan fingerprint density at radius 1 is 1.11 bits per heavy atom. The number of nitrogens with one attached hydrogen (secondary N) is 2. The zero-order chi connectivity index (χ0) is 24.6. The van der Waals surface area contributed by atoms with Crippen molar-refractivity contribution in [2.75, 3.05) is 10.0 Å². The van der Waals surface area contributed by atoms with E-state index in [1.165, 1.54) is 41.8 Å². The Morgan fingerprint density at radius 3 is 2.60 bits per heavy atom. The number of hydrogen-bond donors (Lipinski definition) is 2. The van der Waals surface area contributed by atoms with Crippen LogP contribution in [0.3, 0.4) is 0 Å². The summed E-state index contributed by atoms with van der Waals surface area (Å²) in [6.07, 6.45) is 5.01. The maximum atomic E-state index is 12.9. The lowest BCUT2D eigenvalue weighted by molar-refractivity contribution is 0.102. The quantitative estimate of drug-likeness (QED) is 0.302. The molecule has 178 valence electrons. The number of amides is 1. The molecule has 0 atom stereocenters. The fourth-order valence-electron chi connectivity index (χ4n) is 3.28. The van der Waals surface area contributed by atoms with Crippen molar-refractivity contribution in [3.05, 3.63) is 70.5 Å². The van der Waals surface area contributed by atoms with Crippen LogP contribution in [0.1, 0.15) is 17.4 Å². The number of benzene rings is 1. The lowest BCUT2D eigenvalue weighted by Crippen LogP contribution is -2.14. The van der Waals surface area contributed by atoms with Gasteiger partial charge in [-0.2, -0.15) is 10.2 Å². The second-order valence-corrected chi connectivity index (χ2v) is 10.7. The van der Waals surface area contributed by atoms with Crippen LogP contribution >= 0.6 is 27.3 Å². The minimum Gasteiger partial charge on any atom is -0.321 e. The normalized spacial score (nSPS) is 11.6. The summed E-state index contributed by atoms with van der Waals surface area (Å²) < 4.78 is 31.5. The fourth-order valence-corrected chi connectivity index (χ4v) is 5.59. The van der Waals surface area contributed by atoms with Gasteiger partial charge in [0.05, 0.1) is 15.1 Å². The van der Waals surface area contributed by atoms with E-state index in [1.54, 1.807) is 32.9 Å². The molecule has 1 aromatic carbocycles. The highest BCUT2D eigenvalue weighted by Gasteiger charge is 2.19. The first-order valence-corrected chi connectivity index (χ1v) is 13.4. The number of carbonyl (C=O) groups excluding carboxylic acids is 1. The Balaban J connectivity index is 1.37. The van der Waals surface area contributed by atoms with Crippen molar-refractivity contribution in [3.63, 3.8) is 0 Å². The molecule has 4 aromatic heterocycles. The first-order chi connectivity index (χ1) is 16.8. The maximum Gasteiger partial charge on any atom is 0.276 e. The van der Waals surface area contributed by atoms with Crippen molar-refractivity contribution >= 4 is 59.7 Å². The number of rotatable bonds is 7. The predicted molar refractivity (Wildman–Crippen MR) is 135 cm³/mol. The molecule has 4 heterocycles. The van der Waals surface area contributed by atoms with E-state index < -0.39 is 15.9 Å². The Kier molecular flexibility index (Phi) is 6.08. The van der Waals surface area contributed by atoms with E-state index in [2.05, 4.69) is 46.1 Å². The molecule has 0 aliphatic rings. The molecule has 1 amide bonds.